The molecule has 0 radical (unpaired) electrons. The molecule has 2 atom stereocenters. The Bertz CT molecular complexity index is 484. The molecule has 2 saturated heterocycles. The molecule has 3 aliphatic rings. The Morgan fingerprint density at radius 3 is 3.10 bits per heavy atom. The molecule has 2 N–H and O–H groups in total. The molecule has 0 bridgehead atoms. The zero-order valence-electron chi connectivity index (χ0n) is 12.2. The van der Waals surface area contributed by atoms with E-state index in [1.54, 1.807) is 0 Å². The van der Waals surface area contributed by atoms with E-state index < -0.39 is 0 Å². The average molecular weight is 275 g/mol. The molecule has 3 aliphatic heterocycles. The van der Waals surface area contributed by atoms with Gasteiger partial charge in [0.25, 0.3) is 0 Å². The van der Waals surface area contributed by atoms with E-state index in [4.69, 9.17) is 5.73 Å². The number of aromatic nitrogens is 2. The maximum atomic E-state index is 6.31. The number of fused-ring (bicyclic) bond motifs is 2. The molecule has 2 fully saturated rings. The highest BCUT2D eigenvalue weighted by molar-refractivity contribution is 5.11. The van der Waals surface area contributed by atoms with Crippen LogP contribution in [-0.2, 0) is 13.1 Å². The van der Waals surface area contributed by atoms with Gasteiger partial charge in [0.05, 0.1) is 12.1 Å². The molecule has 0 spiro atoms. The minimum atomic E-state index is 0.192. The molecule has 0 aromatic carbocycles. The first kappa shape index (κ1) is 12.8. The van der Waals surface area contributed by atoms with Crippen molar-refractivity contribution in [1.82, 2.24) is 19.4 Å². The molecular formula is C15H25N5. The SMILES string of the molecule is NCC1(N2CCn3ccnc3C2)CCN2CCCCC21. The van der Waals surface area contributed by atoms with Gasteiger partial charge in [-0.1, -0.05) is 6.42 Å². The van der Waals surface area contributed by atoms with E-state index in [1.165, 1.54) is 44.6 Å². The Kier molecular flexibility index (Phi) is 3.09. The van der Waals surface area contributed by atoms with Gasteiger partial charge in [0, 0.05) is 44.6 Å². The molecule has 4 heterocycles. The Morgan fingerprint density at radius 1 is 1.25 bits per heavy atom. The second kappa shape index (κ2) is 4.83. The Hall–Kier alpha value is -0.910. The minimum absolute atomic E-state index is 0.192. The van der Waals surface area contributed by atoms with Gasteiger partial charge in [-0.25, -0.2) is 4.98 Å². The predicted molar refractivity (Wildman–Crippen MR) is 78.3 cm³/mol. The first-order chi connectivity index (χ1) is 9.83. The fraction of sp³-hybridized carbons (Fsp3) is 0.800. The van der Waals surface area contributed by atoms with E-state index in [9.17, 15) is 0 Å². The normalized spacial score (nSPS) is 35.0. The summed E-state index contributed by atoms with van der Waals surface area (Å²) in [4.78, 5) is 9.85. The average Bonchev–Trinajstić information content (AvgIpc) is 3.11. The highest BCUT2D eigenvalue weighted by atomic mass is 15.4. The van der Waals surface area contributed by atoms with Gasteiger partial charge in [-0.2, -0.15) is 0 Å². The third-order valence-electron chi connectivity index (χ3n) is 5.79. The maximum absolute atomic E-state index is 6.31. The van der Waals surface area contributed by atoms with Crippen molar-refractivity contribution in [3.8, 4) is 0 Å². The van der Waals surface area contributed by atoms with Gasteiger partial charge in [-0.15, -0.1) is 0 Å². The van der Waals surface area contributed by atoms with Crippen LogP contribution in [0, 0.1) is 0 Å². The van der Waals surface area contributed by atoms with Crippen molar-refractivity contribution in [2.75, 3.05) is 26.2 Å². The van der Waals surface area contributed by atoms with Crippen LogP contribution in [0.25, 0.3) is 0 Å². The zero-order valence-corrected chi connectivity index (χ0v) is 12.2. The van der Waals surface area contributed by atoms with Gasteiger partial charge >= 0.3 is 0 Å². The molecule has 5 heteroatoms. The van der Waals surface area contributed by atoms with E-state index in [0.29, 0.717) is 6.04 Å². The fourth-order valence-electron chi connectivity index (χ4n) is 4.66. The van der Waals surface area contributed by atoms with Crippen LogP contribution in [0.1, 0.15) is 31.5 Å². The van der Waals surface area contributed by atoms with Gasteiger partial charge in [0.2, 0.25) is 0 Å². The van der Waals surface area contributed by atoms with Gasteiger partial charge in [-0.3, -0.25) is 9.80 Å². The molecule has 0 saturated carbocycles. The first-order valence-electron chi connectivity index (χ1n) is 8.03. The molecule has 0 amide bonds. The van der Waals surface area contributed by atoms with Crippen LogP contribution >= 0.6 is 0 Å². The molecule has 1 aromatic heterocycles. The van der Waals surface area contributed by atoms with Crippen LogP contribution in [-0.4, -0.2) is 57.1 Å². The van der Waals surface area contributed by atoms with Crippen molar-refractivity contribution < 1.29 is 0 Å². The van der Waals surface area contributed by atoms with Gasteiger partial charge in [-0.05, 0) is 25.8 Å². The molecule has 2 unspecified atom stereocenters. The minimum Gasteiger partial charge on any atom is -0.333 e. The topological polar surface area (TPSA) is 50.3 Å². The lowest BCUT2D eigenvalue weighted by molar-refractivity contribution is 0.0177. The van der Waals surface area contributed by atoms with E-state index in [0.717, 1.165) is 26.2 Å². The number of rotatable bonds is 2. The lowest BCUT2D eigenvalue weighted by atomic mass is 9.83. The van der Waals surface area contributed by atoms with Gasteiger partial charge in [0.1, 0.15) is 5.82 Å². The van der Waals surface area contributed by atoms with E-state index >= 15 is 0 Å². The largest absolute Gasteiger partial charge is 0.333 e. The third-order valence-corrected chi connectivity index (χ3v) is 5.79. The Labute approximate surface area is 120 Å². The maximum Gasteiger partial charge on any atom is 0.122 e. The van der Waals surface area contributed by atoms with E-state index in [2.05, 4.69) is 25.5 Å². The number of nitrogens with zero attached hydrogens (tertiary/aromatic N) is 4. The summed E-state index contributed by atoms with van der Waals surface area (Å²) in [5.41, 5.74) is 6.50. The van der Waals surface area contributed by atoms with Crippen molar-refractivity contribution in [3.63, 3.8) is 0 Å². The summed E-state index contributed by atoms with van der Waals surface area (Å²) in [5, 5.41) is 0. The van der Waals surface area contributed by atoms with Crippen LogP contribution in [0.4, 0.5) is 0 Å². The molecule has 4 rings (SSSR count). The highest BCUT2D eigenvalue weighted by Crippen LogP contribution is 2.40. The number of nitrogens with two attached hydrogens (primary N) is 1. The number of imidazole rings is 1. The number of hydrogen-bond acceptors (Lipinski definition) is 4. The summed E-state index contributed by atoms with van der Waals surface area (Å²) in [6, 6.07) is 0.669. The highest BCUT2D eigenvalue weighted by Gasteiger charge is 2.51. The zero-order chi connectivity index (χ0) is 13.6. The van der Waals surface area contributed by atoms with Gasteiger partial charge in [0.15, 0.2) is 0 Å². The van der Waals surface area contributed by atoms with E-state index in [1.807, 2.05) is 6.20 Å². The molecular weight excluding hydrogens is 250 g/mol. The summed E-state index contributed by atoms with van der Waals surface area (Å²) in [6.45, 7) is 6.43. The molecule has 20 heavy (non-hydrogen) atoms. The summed E-state index contributed by atoms with van der Waals surface area (Å²) in [7, 11) is 0. The van der Waals surface area contributed by atoms with E-state index in [-0.39, 0.29) is 5.54 Å². The predicted octanol–water partition coefficient (Wildman–Crippen LogP) is 0.654. The van der Waals surface area contributed by atoms with Crippen molar-refractivity contribution in [2.45, 2.75) is 50.4 Å². The molecule has 1 aromatic rings. The van der Waals surface area contributed by atoms with Crippen LogP contribution in [0.3, 0.4) is 0 Å². The lowest BCUT2D eigenvalue weighted by Gasteiger charge is -2.48. The third kappa shape index (κ3) is 1.76. The number of piperidine rings is 1. The summed E-state index contributed by atoms with van der Waals surface area (Å²) in [6.07, 6.45) is 9.31. The summed E-state index contributed by atoms with van der Waals surface area (Å²) in [5.74, 6) is 1.21. The van der Waals surface area contributed by atoms with Crippen LogP contribution in [0.15, 0.2) is 12.4 Å². The summed E-state index contributed by atoms with van der Waals surface area (Å²) >= 11 is 0. The Morgan fingerprint density at radius 2 is 2.20 bits per heavy atom. The lowest BCUT2D eigenvalue weighted by Crippen LogP contribution is -2.62. The second-order valence-corrected chi connectivity index (χ2v) is 6.56. The van der Waals surface area contributed by atoms with Crippen LogP contribution < -0.4 is 5.73 Å². The number of hydrogen-bond donors (Lipinski definition) is 1. The van der Waals surface area contributed by atoms with Crippen LogP contribution in [0.2, 0.25) is 0 Å². The fourth-order valence-corrected chi connectivity index (χ4v) is 4.66. The van der Waals surface area contributed by atoms with Crippen LogP contribution in [0.5, 0.6) is 0 Å². The Balaban J connectivity index is 1.62. The molecule has 5 nitrogen and oxygen atoms in total. The standard InChI is InChI=1S/C15H25N5/c16-12-15(4-7-18-6-2-1-3-13(15)18)20-10-9-19-8-5-17-14(19)11-20/h5,8,13H,1-4,6-7,9-12,16H2. The first-order valence-corrected chi connectivity index (χ1v) is 8.03. The molecule has 110 valence electrons. The smallest absolute Gasteiger partial charge is 0.122 e. The monoisotopic (exact) mass is 275 g/mol. The quantitative estimate of drug-likeness (QED) is 0.861. The summed E-state index contributed by atoms with van der Waals surface area (Å²) < 4.78 is 2.29. The second-order valence-electron chi connectivity index (χ2n) is 6.56. The van der Waals surface area contributed by atoms with Crippen molar-refractivity contribution in [1.29, 1.82) is 0 Å². The van der Waals surface area contributed by atoms with Crippen molar-refractivity contribution in [2.24, 2.45) is 5.73 Å². The molecule has 0 aliphatic carbocycles. The van der Waals surface area contributed by atoms with Crippen molar-refractivity contribution >= 4 is 0 Å². The van der Waals surface area contributed by atoms with Gasteiger partial charge < -0.3 is 10.3 Å². The van der Waals surface area contributed by atoms with Crippen molar-refractivity contribution in [3.05, 3.63) is 18.2 Å².